The summed E-state index contributed by atoms with van der Waals surface area (Å²) in [7, 11) is 1.62. The Kier molecular flexibility index (Phi) is 6.61. The van der Waals surface area contributed by atoms with Crippen molar-refractivity contribution in [1.29, 1.82) is 0 Å². The fraction of sp³-hybridized carbons (Fsp3) is 0.333. The lowest BCUT2D eigenvalue weighted by molar-refractivity contribution is -0.117. The highest BCUT2D eigenvalue weighted by molar-refractivity contribution is 5.92. The van der Waals surface area contributed by atoms with Crippen LogP contribution in [-0.2, 0) is 4.79 Å². The van der Waals surface area contributed by atoms with Crippen molar-refractivity contribution in [2.75, 3.05) is 37.8 Å². The summed E-state index contributed by atoms with van der Waals surface area (Å²) in [5.74, 6) is 1.39. The van der Waals surface area contributed by atoms with Gasteiger partial charge in [0.2, 0.25) is 11.9 Å². The van der Waals surface area contributed by atoms with Crippen molar-refractivity contribution in [1.82, 2.24) is 19.9 Å². The number of methoxy groups -OCH3 is 1. The zero-order valence-electron chi connectivity index (χ0n) is 18.4. The molecule has 3 N–H and O–H groups in total. The number of aromatic nitrogens is 3. The Hall–Kier alpha value is -3.52. The average Bonchev–Trinajstić information content (AvgIpc) is 2.80. The van der Waals surface area contributed by atoms with Gasteiger partial charge in [0.05, 0.1) is 13.7 Å². The first-order valence-electron chi connectivity index (χ1n) is 10.7. The molecule has 3 heterocycles. The number of aryl methyl sites for hydroxylation is 1. The molecule has 1 aliphatic rings. The number of anilines is 2. The maximum Gasteiger partial charge on any atom is 0.238 e. The van der Waals surface area contributed by atoms with Crippen LogP contribution in [-0.4, -0.2) is 52.5 Å². The first-order chi connectivity index (χ1) is 15.5. The predicted octanol–water partition coefficient (Wildman–Crippen LogP) is 3.26. The van der Waals surface area contributed by atoms with Gasteiger partial charge in [-0.1, -0.05) is 0 Å². The van der Waals surface area contributed by atoms with Crippen LogP contribution in [0.4, 0.5) is 11.6 Å². The fourth-order valence-corrected chi connectivity index (χ4v) is 4.02. The van der Waals surface area contributed by atoms with Gasteiger partial charge in [-0.3, -0.25) is 14.7 Å². The number of piperidine rings is 1. The molecule has 32 heavy (non-hydrogen) atoms. The molecule has 0 unspecified atom stereocenters. The number of nitrogen functional groups attached to an aromatic ring is 1. The number of amides is 1. The lowest BCUT2D eigenvalue weighted by atomic mass is 9.91. The van der Waals surface area contributed by atoms with Crippen molar-refractivity contribution in [2.24, 2.45) is 0 Å². The molecule has 0 aliphatic carbocycles. The second kappa shape index (κ2) is 9.74. The Bertz CT molecular complexity index is 1060. The van der Waals surface area contributed by atoms with Gasteiger partial charge in [0.1, 0.15) is 5.75 Å². The van der Waals surface area contributed by atoms with E-state index in [1.807, 2.05) is 37.3 Å². The molecule has 0 bridgehead atoms. The molecule has 4 rings (SSSR count). The number of rotatable bonds is 6. The number of nitrogens with zero attached hydrogens (tertiary/aromatic N) is 4. The van der Waals surface area contributed by atoms with Gasteiger partial charge < -0.3 is 15.8 Å². The maximum atomic E-state index is 12.4. The van der Waals surface area contributed by atoms with Gasteiger partial charge in [-0.15, -0.1) is 0 Å². The second-order valence-electron chi connectivity index (χ2n) is 8.08. The Labute approximate surface area is 187 Å². The van der Waals surface area contributed by atoms with Crippen LogP contribution in [0.1, 0.15) is 30.1 Å². The Morgan fingerprint density at radius 2 is 1.81 bits per heavy atom. The average molecular weight is 433 g/mol. The SMILES string of the molecule is COc1ccc(NC(=O)CN2CCC(c3cc(-c4cnc(N)nc4)cc(C)n3)CC2)cc1. The largest absolute Gasteiger partial charge is 0.497 e. The molecule has 1 aromatic carbocycles. The Morgan fingerprint density at radius 1 is 1.12 bits per heavy atom. The second-order valence-corrected chi connectivity index (χ2v) is 8.08. The topological polar surface area (TPSA) is 106 Å². The third kappa shape index (κ3) is 5.39. The summed E-state index contributed by atoms with van der Waals surface area (Å²) in [6, 6.07) is 11.5. The third-order valence-electron chi connectivity index (χ3n) is 5.73. The molecule has 2 aromatic heterocycles. The predicted molar refractivity (Wildman–Crippen MR) is 124 cm³/mol. The summed E-state index contributed by atoms with van der Waals surface area (Å²) < 4.78 is 5.15. The molecular formula is C24H28N6O2. The van der Waals surface area contributed by atoms with Crippen molar-refractivity contribution >= 4 is 17.5 Å². The van der Waals surface area contributed by atoms with E-state index in [2.05, 4.69) is 26.3 Å². The van der Waals surface area contributed by atoms with E-state index in [1.165, 1.54) is 0 Å². The summed E-state index contributed by atoms with van der Waals surface area (Å²) in [4.78, 5) is 27.6. The molecule has 0 atom stereocenters. The number of carbonyl (C=O) groups is 1. The molecular weight excluding hydrogens is 404 g/mol. The van der Waals surface area contributed by atoms with Gasteiger partial charge in [0.25, 0.3) is 0 Å². The summed E-state index contributed by atoms with van der Waals surface area (Å²) >= 11 is 0. The molecule has 1 aliphatic heterocycles. The number of nitrogens with one attached hydrogen (secondary N) is 1. The summed E-state index contributed by atoms with van der Waals surface area (Å²) in [5, 5.41) is 2.95. The first-order valence-corrected chi connectivity index (χ1v) is 10.7. The van der Waals surface area contributed by atoms with Gasteiger partial charge in [0.15, 0.2) is 0 Å². The van der Waals surface area contributed by atoms with Crippen molar-refractivity contribution in [3.8, 4) is 16.9 Å². The van der Waals surface area contributed by atoms with Crippen LogP contribution in [0.15, 0.2) is 48.8 Å². The van der Waals surface area contributed by atoms with Crippen LogP contribution < -0.4 is 15.8 Å². The number of hydrogen-bond donors (Lipinski definition) is 2. The lowest BCUT2D eigenvalue weighted by Gasteiger charge is -2.31. The van der Waals surface area contributed by atoms with Crippen molar-refractivity contribution in [3.63, 3.8) is 0 Å². The van der Waals surface area contributed by atoms with E-state index < -0.39 is 0 Å². The fourth-order valence-electron chi connectivity index (χ4n) is 4.02. The van der Waals surface area contributed by atoms with Crippen LogP contribution in [0, 0.1) is 6.92 Å². The number of benzene rings is 1. The van der Waals surface area contributed by atoms with Crippen molar-refractivity contribution < 1.29 is 9.53 Å². The smallest absolute Gasteiger partial charge is 0.238 e. The van der Waals surface area contributed by atoms with E-state index in [4.69, 9.17) is 15.5 Å². The number of hydrogen-bond acceptors (Lipinski definition) is 7. The molecule has 8 nitrogen and oxygen atoms in total. The molecule has 8 heteroatoms. The molecule has 1 saturated heterocycles. The minimum atomic E-state index is -0.00654. The standard InChI is InChI=1S/C24H28N6O2/c1-16-11-18(19-13-26-24(25)27-14-19)12-22(28-16)17-7-9-30(10-8-17)15-23(31)29-20-3-5-21(32-2)6-4-20/h3-6,11-14,17H,7-10,15H2,1-2H3,(H,29,31)(H2,25,26,27). The third-order valence-corrected chi connectivity index (χ3v) is 5.73. The number of carbonyl (C=O) groups excluding carboxylic acids is 1. The van der Waals surface area contributed by atoms with Gasteiger partial charge in [0, 0.05) is 41.0 Å². The zero-order valence-corrected chi connectivity index (χ0v) is 18.4. The molecule has 1 fully saturated rings. The van der Waals surface area contributed by atoms with Crippen LogP contribution >= 0.6 is 0 Å². The zero-order chi connectivity index (χ0) is 22.5. The molecule has 3 aromatic rings. The number of nitrogens with two attached hydrogens (primary N) is 1. The van der Waals surface area contributed by atoms with Crippen molar-refractivity contribution in [2.45, 2.75) is 25.7 Å². The molecule has 0 spiro atoms. The van der Waals surface area contributed by atoms with Crippen molar-refractivity contribution in [3.05, 3.63) is 60.2 Å². The minimum Gasteiger partial charge on any atom is -0.497 e. The Balaban J connectivity index is 1.34. The molecule has 0 radical (unpaired) electrons. The van der Waals surface area contributed by atoms with Gasteiger partial charge in [-0.2, -0.15) is 0 Å². The molecule has 1 amide bonds. The first kappa shape index (κ1) is 21.7. The Morgan fingerprint density at radius 3 is 2.47 bits per heavy atom. The summed E-state index contributed by atoms with van der Waals surface area (Å²) in [5.41, 5.74) is 10.4. The minimum absolute atomic E-state index is 0.00654. The molecule has 166 valence electrons. The van der Waals surface area contributed by atoms with E-state index in [1.54, 1.807) is 19.5 Å². The van der Waals surface area contributed by atoms with E-state index >= 15 is 0 Å². The number of likely N-dealkylation sites (tertiary alicyclic amines) is 1. The van der Waals surface area contributed by atoms with E-state index in [0.29, 0.717) is 12.5 Å². The van der Waals surface area contributed by atoms with Crippen LogP contribution in [0.2, 0.25) is 0 Å². The van der Waals surface area contributed by atoms with E-state index in [9.17, 15) is 4.79 Å². The highest BCUT2D eigenvalue weighted by Crippen LogP contribution is 2.30. The quantitative estimate of drug-likeness (QED) is 0.616. The summed E-state index contributed by atoms with van der Waals surface area (Å²) in [6.07, 6.45) is 5.41. The van der Waals surface area contributed by atoms with Crippen LogP contribution in [0.5, 0.6) is 5.75 Å². The number of ether oxygens (including phenoxy) is 1. The van der Waals surface area contributed by atoms with Crippen LogP contribution in [0.3, 0.4) is 0 Å². The molecule has 0 saturated carbocycles. The van der Waals surface area contributed by atoms with E-state index in [-0.39, 0.29) is 11.9 Å². The van der Waals surface area contributed by atoms with Gasteiger partial charge in [-0.25, -0.2) is 9.97 Å². The normalized spacial score (nSPS) is 14.8. The van der Waals surface area contributed by atoms with Gasteiger partial charge in [-0.05, 0) is 74.8 Å². The van der Waals surface area contributed by atoms with Crippen LogP contribution in [0.25, 0.3) is 11.1 Å². The highest BCUT2D eigenvalue weighted by atomic mass is 16.5. The lowest BCUT2D eigenvalue weighted by Crippen LogP contribution is -2.38. The number of pyridine rings is 1. The highest BCUT2D eigenvalue weighted by Gasteiger charge is 2.23. The summed E-state index contributed by atoms with van der Waals surface area (Å²) in [6.45, 7) is 4.10. The monoisotopic (exact) mass is 432 g/mol. The van der Waals surface area contributed by atoms with Gasteiger partial charge >= 0.3 is 0 Å². The van der Waals surface area contributed by atoms with E-state index in [0.717, 1.165) is 59.9 Å². The maximum absolute atomic E-state index is 12.4.